The molecular formula is C10H16N2OS. The van der Waals surface area contributed by atoms with Crippen LogP contribution in [-0.4, -0.2) is 21.4 Å². The van der Waals surface area contributed by atoms with Crippen molar-refractivity contribution in [1.29, 1.82) is 0 Å². The molecule has 1 aromatic heterocycles. The molecule has 2 unspecified atom stereocenters. The number of aromatic nitrogens is 1. The third kappa shape index (κ3) is 2.89. The van der Waals surface area contributed by atoms with E-state index in [1.807, 2.05) is 26.0 Å². The molecule has 2 atom stereocenters. The number of thioether (sulfide) groups is 1. The summed E-state index contributed by atoms with van der Waals surface area (Å²) in [6.45, 7) is 5.65. The Bertz CT molecular complexity index is 315. The van der Waals surface area contributed by atoms with Crippen LogP contribution in [-0.2, 0) is 0 Å². The van der Waals surface area contributed by atoms with Crippen LogP contribution in [0.1, 0.15) is 19.5 Å². The summed E-state index contributed by atoms with van der Waals surface area (Å²) in [5.41, 5.74) is 7.39. The van der Waals surface area contributed by atoms with Gasteiger partial charge in [0.05, 0.1) is 11.8 Å². The summed E-state index contributed by atoms with van der Waals surface area (Å²) in [7, 11) is 0. The van der Waals surface area contributed by atoms with Gasteiger partial charge in [0, 0.05) is 10.9 Å². The largest absolute Gasteiger partial charge is 0.397 e. The fourth-order valence-corrected chi connectivity index (χ4v) is 1.86. The van der Waals surface area contributed by atoms with Gasteiger partial charge in [-0.3, -0.25) is 0 Å². The average molecular weight is 212 g/mol. The lowest BCUT2D eigenvalue weighted by Gasteiger charge is -2.14. The topological polar surface area (TPSA) is 59.1 Å². The Balaban J connectivity index is 2.80. The Hall–Kier alpha value is -0.740. The highest BCUT2D eigenvalue weighted by Crippen LogP contribution is 2.28. The van der Waals surface area contributed by atoms with Crippen molar-refractivity contribution in [3.63, 3.8) is 0 Å². The van der Waals surface area contributed by atoms with E-state index in [-0.39, 0.29) is 11.4 Å². The number of anilines is 1. The third-order valence-corrected chi connectivity index (χ3v) is 3.32. The first kappa shape index (κ1) is 11.3. The van der Waals surface area contributed by atoms with Gasteiger partial charge in [-0.1, -0.05) is 18.7 Å². The van der Waals surface area contributed by atoms with E-state index in [2.05, 4.69) is 4.98 Å². The van der Waals surface area contributed by atoms with Crippen molar-refractivity contribution < 1.29 is 5.11 Å². The molecule has 0 aromatic carbocycles. The minimum absolute atomic E-state index is 0.103. The van der Waals surface area contributed by atoms with Crippen LogP contribution < -0.4 is 5.73 Å². The molecule has 3 nitrogen and oxygen atoms in total. The standard InChI is InChI=1S/C10H16N2OS/c1-6-4-5-9(11)10(12-6)14-8(3)7(2)13/h4-5,7-8,13H,11H2,1-3H3. The van der Waals surface area contributed by atoms with Gasteiger partial charge in [-0.05, 0) is 26.0 Å². The first-order valence-electron chi connectivity index (χ1n) is 4.58. The smallest absolute Gasteiger partial charge is 0.120 e. The predicted octanol–water partition coefficient (Wildman–Crippen LogP) is 1.83. The van der Waals surface area contributed by atoms with Crippen LogP contribution in [0.2, 0.25) is 0 Å². The average Bonchev–Trinajstić information content (AvgIpc) is 2.11. The summed E-state index contributed by atoms with van der Waals surface area (Å²) in [5, 5.41) is 10.3. The molecule has 1 heterocycles. The van der Waals surface area contributed by atoms with E-state index in [9.17, 15) is 5.11 Å². The van der Waals surface area contributed by atoms with Gasteiger partial charge >= 0.3 is 0 Å². The maximum atomic E-state index is 9.35. The maximum Gasteiger partial charge on any atom is 0.120 e. The SMILES string of the molecule is Cc1ccc(N)c(SC(C)C(C)O)n1. The molecular weight excluding hydrogens is 196 g/mol. The third-order valence-electron chi connectivity index (χ3n) is 2.01. The molecule has 78 valence electrons. The van der Waals surface area contributed by atoms with E-state index in [1.54, 1.807) is 6.92 Å². The van der Waals surface area contributed by atoms with Gasteiger partial charge in [0.15, 0.2) is 0 Å². The van der Waals surface area contributed by atoms with Crippen molar-refractivity contribution in [2.75, 3.05) is 5.73 Å². The molecule has 0 aliphatic rings. The molecule has 3 N–H and O–H groups in total. The van der Waals surface area contributed by atoms with Crippen LogP contribution in [0.4, 0.5) is 5.69 Å². The van der Waals surface area contributed by atoms with Gasteiger partial charge in [0.25, 0.3) is 0 Å². The Morgan fingerprint density at radius 2 is 2.07 bits per heavy atom. The Kier molecular flexibility index (Phi) is 3.77. The van der Waals surface area contributed by atoms with E-state index in [0.717, 1.165) is 10.7 Å². The van der Waals surface area contributed by atoms with Crippen molar-refractivity contribution in [1.82, 2.24) is 4.98 Å². The number of aryl methyl sites for hydroxylation is 1. The molecule has 0 bridgehead atoms. The van der Waals surface area contributed by atoms with Crippen LogP contribution in [0.25, 0.3) is 0 Å². The van der Waals surface area contributed by atoms with Crippen molar-refractivity contribution in [2.45, 2.75) is 37.2 Å². The Labute approximate surface area is 88.7 Å². The Morgan fingerprint density at radius 3 is 2.64 bits per heavy atom. The number of pyridine rings is 1. The zero-order valence-electron chi connectivity index (χ0n) is 8.69. The normalized spacial score (nSPS) is 15.1. The molecule has 14 heavy (non-hydrogen) atoms. The van der Waals surface area contributed by atoms with Crippen molar-refractivity contribution >= 4 is 17.4 Å². The van der Waals surface area contributed by atoms with Gasteiger partial charge in [-0.25, -0.2) is 4.98 Å². The monoisotopic (exact) mass is 212 g/mol. The van der Waals surface area contributed by atoms with Crippen LogP contribution in [0, 0.1) is 6.92 Å². The summed E-state index contributed by atoms with van der Waals surface area (Å²) in [4.78, 5) is 4.32. The van der Waals surface area contributed by atoms with Crippen LogP contribution >= 0.6 is 11.8 Å². The second-order valence-electron chi connectivity index (χ2n) is 3.41. The van der Waals surface area contributed by atoms with Crippen LogP contribution in [0.15, 0.2) is 17.2 Å². The van der Waals surface area contributed by atoms with Gasteiger partial charge < -0.3 is 10.8 Å². The molecule has 0 aliphatic heterocycles. The highest BCUT2D eigenvalue weighted by molar-refractivity contribution is 8.00. The lowest BCUT2D eigenvalue weighted by molar-refractivity contribution is 0.196. The zero-order valence-corrected chi connectivity index (χ0v) is 9.51. The first-order valence-corrected chi connectivity index (χ1v) is 5.46. The fraction of sp³-hybridized carbons (Fsp3) is 0.500. The quantitative estimate of drug-likeness (QED) is 0.750. The molecule has 0 fully saturated rings. The zero-order chi connectivity index (χ0) is 10.7. The molecule has 0 spiro atoms. The minimum Gasteiger partial charge on any atom is -0.397 e. The molecule has 0 amide bonds. The summed E-state index contributed by atoms with van der Waals surface area (Å²) >= 11 is 1.51. The van der Waals surface area contributed by atoms with Crippen molar-refractivity contribution in [3.05, 3.63) is 17.8 Å². The van der Waals surface area contributed by atoms with Gasteiger partial charge in [0.1, 0.15) is 5.03 Å². The molecule has 0 aliphatic carbocycles. The number of nitrogens with zero attached hydrogens (tertiary/aromatic N) is 1. The molecule has 1 rings (SSSR count). The molecule has 0 saturated carbocycles. The van der Waals surface area contributed by atoms with E-state index in [1.165, 1.54) is 11.8 Å². The maximum absolute atomic E-state index is 9.35. The molecule has 1 aromatic rings. The number of nitrogens with two attached hydrogens (primary N) is 1. The van der Waals surface area contributed by atoms with Gasteiger partial charge in [-0.15, -0.1) is 0 Å². The summed E-state index contributed by atoms with van der Waals surface area (Å²) < 4.78 is 0. The number of nitrogen functional groups attached to an aromatic ring is 1. The van der Waals surface area contributed by atoms with Crippen molar-refractivity contribution in [3.8, 4) is 0 Å². The fourth-order valence-electron chi connectivity index (χ4n) is 0.913. The highest BCUT2D eigenvalue weighted by Gasteiger charge is 2.13. The van der Waals surface area contributed by atoms with Crippen molar-refractivity contribution in [2.24, 2.45) is 0 Å². The van der Waals surface area contributed by atoms with E-state index < -0.39 is 0 Å². The second-order valence-corrected chi connectivity index (χ2v) is 4.78. The molecule has 0 radical (unpaired) electrons. The molecule has 4 heteroatoms. The number of aliphatic hydroxyl groups is 1. The number of rotatable bonds is 3. The van der Waals surface area contributed by atoms with E-state index >= 15 is 0 Å². The molecule has 0 saturated heterocycles. The number of hydrogen-bond acceptors (Lipinski definition) is 4. The predicted molar refractivity (Wildman–Crippen MR) is 60.4 cm³/mol. The summed E-state index contributed by atoms with van der Waals surface area (Å²) in [6, 6.07) is 3.73. The lowest BCUT2D eigenvalue weighted by Crippen LogP contribution is -2.15. The lowest BCUT2D eigenvalue weighted by atomic mass is 10.3. The van der Waals surface area contributed by atoms with E-state index in [4.69, 9.17) is 5.73 Å². The second kappa shape index (κ2) is 4.66. The number of hydrogen-bond donors (Lipinski definition) is 2. The van der Waals surface area contributed by atoms with E-state index in [0.29, 0.717) is 5.69 Å². The minimum atomic E-state index is -0.360. The highest BCUT2D eigenvalue weighted by atomic mass is 32.2. The van der Waals surface area contributed by atoms with Gasteiger partial charge in [-0.2, -0.15) is 0 Å². The summed E-state index contributed by atoms with van der Waals surface area (Å²) in [5.74, 6) is 0. The van der Waals surface area contributed by atoms with Gasteiger partial charge in [0.2, 0.25) is 0 Å². The van der Waals surface area contributed by atoms with Crippen LogP contribution in [0.5, 0.6) is 0 Å². The number of aliphatic hydroxyl groups excluding tert-OH is 1. The summed E-state index contributed by atoms with van der Waals surface area (Å²) in [6.07, 6.45) is -0.360. The Morgan fingerprint density at radius 1 is 1.43 bits per heavy atom. The van der Waals surface area contributed by atoms with Crippen LogP contribution in [0.3, 0.4) is 0 Å². The first-order chi connectivity index (χ1) is 6.50.